The van der Waals surface area contributed by atoms with Gasteiger partial charge in [-0.1, -0.05) is 388 Å². The molecule has 2 aliphatic rings. The molecule has 4 aromatic rings. The number of fused-ring (bicyclic) bond motifs is 2. The molecule has 0 fully saturated rings. The third-order valence-electron chi connectivity index (χ3n) is 23.2. The van der Waals surface area contributed by atoms with Crippen molar-refractivity contribution in [2.45, 2.75) is 440 Å². The van der Waals surface area contributed by atoms with E-state index in [9.17, 15) is 0 Å². The van der Waals surface area contributed by atoms with E-state index in [0.29, 0.717) is 45.1 Å². The van der Waals surface area contributed by atoms with Gasteiger partial charge < -0.3 is 0 Å². The molecule has 4 amide bonds. The van der Waals surface area contributed by atoms with Crippen LogP contribution in [0.15, 0.2) is 19.7 Å². The molecule has 0 N–H and O–H groups in total. The lowest BCUT2D eigenvalue weighted by molar-refractivity contribution is 0.0606. The fourth-order valence-electron chi connectivity index (χ4n) is 16.7. The summed E-state index contributed by atoms with van der Waals surface area (Å²) in [5, 5.41) is 0. The number of rotatable bonds is 69. The van der Waals surface area contributed by atoms with E-state index in [1.54, 1.807) is 55.1 Å². The van der Waals surface area contributed by atoms with Gasteiger partial charge in [-0.25, -0.2) is 0 Å². The van der Waals surface area contributed by atoms with E-state index >= 15 is 19.2 Å². The van der Waals surface area contributed by atoms with Crippen molar-refractivity contribution in [1.82, 2.24) is 9.80 Å². The summed E-state index contributed by atoms with van der Waals surface area (Å²) in [5.74, 6) is -0.327. The molecule has 0 aromatic carbocycles. The number of carbonyl (C=O) groups excluding carboxylic acids is 4. The number of hydrogen-bond donors (Lipinski definition) is 0. The van der Waals surface area contributed by atoms with Crippen molar-refractivity contribution in [3.8, 4) is 29.3 Å². The van der Waals surface area contributed by atoms with Gasteiger partial charge in [-0.05, 0) is 118 Å². The van der Waals surface area contributed by atoms with E-state index in [0.717, 1.165) is 117 Å². The van der Waals surface area contributed by atoms with E-state index in [-0.39, 0.29) is 35.5 Å². The molecule has 12 heteroatoms. The van der Waals surface area contributed by atoms with Gasteiger partial charge in [-0.15, -0.1) is 45.3 Å². The molecular formula is C92H150Br2N2O4S4. The molecule has 6 heterocycles. The van der Waals surface area contributed by atoms with Crippen molar-refractivity contribution in [1.29, 1.82) is 0 Å². The predicted octanol–water partition coefficient (Wildman–Crippen LogP) is 33.5. The second-order valence-electron chi connectivity index (χ2n) is 32.3. The summed E-state index contributed by atoms with van der Waals surface area (Å²) >= 11 is 14.4. The molecule has 0 bridgehead atoms. The molecule has 0 spiro atoms. The van der Waals surface area contributed by atoms with Crippen molar-refractivity contribution in [2.75, 3.05) is 13.1 Å². The number of carbonyl (C=O) groups is 4. The Morgan fingerprint density at radius 3 is 0.644 bits per heavy atom. The standard InChI is InChI=1S/C92H150Br2N2O4S4/c1-7-13-19-25-31-37-41-47-53-59-65-73(63-57-51-45-35-29-23-17-11-5)71-95-89(97)79-81(91(95)99)87(103-85(79)83-75(69-77(93)101-83)67-61-55-49-43-39-33-27-21-15-9-3)88-82-80(86(104-88)84-76(70-78(94)102-84)68-62-56-50-44-40-34-28-22-16-10-4)90(98)96(92(82)100)72-74(64-58-52-46-36-30-24-18-12-6)66-60-54-48-42-38-32-26-20-14-8-2/h69-70,73-74H,7-68,71-72H2,1-6H3. The summed E-state index contributed by atoms with van der Waals surface area (Å²) in [6, 6.07) is 4.55. The molecule has 0 radical (unpaired) electrons. The fraction of sp³-hybridized carbons (Fsp3) is 0.783. The number of unbranched alkanes of at least 4 members (excludes halogenated alkanes) is 50. The average molecular weight is 1640 g/mol. The van der Waals surface area contributed by atoms with E-state index in [1.807, 2.05) is 0 Å². The number of imide groups is 2. The second-order valence-corrected chi connectivity index (χ2v) is 39.2. The third kappa shape index (κ3) is 32.4. The van der Waals surface area contributed by atoms with Gasteiger partial charge in [0.15, 0.2) is 0 Å². The van der Waals surface area contributed by atoms with Crippen molar-refractivity contribution < 1.29 is 19.2 Å². The highest BCUT2D eigenvalue weighted by atomic mass is 79.9. The number of aryl methyl sites for hydroxylation is 2. The first-order valence-corrected chi connectivity index (χ1v) is 49.5. The largest absolute Gasteiger partial charge is 0.274 e. The van der Waals surface area contributed by atoms with Gasteiger partial charge in [-0.2, -0.15) is 0 Å². The minimum atomic E-state index is -0.210. The normalized spacial score (nSPS) is 13.7. The first-order chi connectivity index (χ1) is 51.0. The summed E-state index contributed by atoms with van der Waals surface area (Å²) in [7, 11) is 0. The van der Waals surface area contributed by atoms with Crippen molar-refractivity contribution in [2.24, 2.45) is 11.8 Å². The van der Waals surface area contributed by atoms with Crippen LogP contribution in [0.25, 0.3) is 29.3 Å². The van der Waals surface area contributed by atoms with Gasteiger partial charge >= 0.3 is 0 Å². The topological polar surface area (TPSA) is 74.8 Å². The maximum absolute atomic E-state index is 16.1. The number of thiophene rings is 4. The Balaban J connectivity index is 1.40. The van der Waals surface area contributed by atoms with Crippen LogP contribution in [-0.2, 0) is 12.8 Å². The van der Waals surface area contributed by atoms with Crippen LogP contribution in [0.3, 0.4) is 0 Å². The summed E-state index contributed by atoms with van der Waals surface area (Å²) in [6.45, 7) is 14.6. The van der Waals surface area contributed by atoms with Crippen LogP contribution in [0.2, 0.25) is 0 Å². The minimum absolute atomic E-state index is 0.171. The van der Waals surface area contributed by atoms with E-state index in [1.165, 1.54) is 319 Å². The van der Waals surface area contributed by atoms with Crippen LogP contribution >= 0.6 is 77.2 Å². The molecule has 590 valence electrons. The number of halogens is 2. The molecule has 2 unspecified atom stereocenters. The zero-order valence-electron chi connectivity index (χ0n) is 67.5. The molecule has 6 nitrogen and oxygen atoms in total. The molecular weight excluding hydrogens is 1490 g/mol. The Morgan fingerprint density at radius 2 is 0.433 bits per heavy atom. The Bertz CT molecular complexity index is 2760. The highest BCUT2D eigenvalue weighted by molar-refractivity contribution is 9.11. The summed E-state index contributed by atoms with van der Waals surface area (Å²) in [6.07, 6.45) is 76.9. The molecule has 4 aromatic heterocycles. The Morgan fingerprint density at radius 1 is 0.250 bits per heavy atom. The Hall–Kier alpha value is -1.96. The molecule has 0 aliphatic carbocycles. The first kappa shape index (κ1) is 90.9. The van der Waals surface area contributed by atoms with E-state index < -0.39 is 0 Å². The highest BCUT2D eigenvalue weighted by Crippen LogP contribution is 2.56. The Labute approximate surface area is 671 Å². The molecule has 2 atom stereocenters. The lowest BCUT2D eigenvalue weighted by Gasteiger charge is -2.24. The van der Waals surface area contributed by atoms with Gasteiger partial charge in [0.05, 0.1) is 49.3 Å². The van der Waals surface area contributed by atoms with E-state index in [4.69, 9.17) is 0 Å². The zero-order chi connectivity index (χ0) is 74.2. The Kier molecular flexibility index (Phi) is 49.2. The molecule has 2 aliphatic heterocycles. The van der Waals surface area contributed by atoms with Crippen LogP contribution in [0, 0.1) is 11.8 Å². The molecule has 6 rings (SSSR count). The summed E-state index contributed by atoms with van der Waals surface area (Å²) in [4.78, 5) is 72.9. The summed E-state index contributed by atoms with van der Waals surface area (Å²) < 4.78 is 2.06. The second kappa shape index (κ2) is 56.3. The lowest BCUT2D eigenvalue weighted by atomic mass is 9.93. The van der Waals surface area contributed by atoms with Gasteiger partial charge in [0.1, 0.15) is 0 Å². The number of amides is 4. The van der Waals surface area contributed by atoms with Crippen molar-refractivity contribution in [3.05, 3.63) is 53.1 Å². The van der Waals surface area contributed by atoms with Crippen LogP contribution in [0.1, 0.15) is 479 Å². The quantitative estimate of drug-likeness (QED) is 0.0326. The minimum Gasteiger partial charge on any atom is -0.274 e. The fourth-order valence-corrected chi connectivity index (χ4v) is 23.1. The first-order valence-electron chi connectivity index (χ1n) is 44.7. The molecule has 0 saturated carbocycles. The van der Waals surface area contributed by atoms with Crippen LogP contribution in [0.4, 0.5) is 0 Å². The van der Waals surface area contributed by atoms with Gasteiger partial charge in [0.2, 0.25) is 0 Å². The zero-order valence-corrected chi connectivity index (χ0v) is 73.9. The van der Waals surface area contributed by atoms with Crippen molar-refractivity contribution >= 4 is 101 Å². The van der Waals surface area contributed by atoms with Gasteiger partial charge in [-0.3, -0.25) is 29.0 Å². The lowest BCUT2D eigenvalue weighted by Crippen LogP contribution is -2.35. The van der Waals surface area contributed by atoms with E-state index in [2.05, 4.69) is 85.5 Å². The smallest absolute Gasteiger partial charge is 0.263 e. The molecule has 0 saturated heterocycles. The van der Waals surface area contributed by atoms with Crippen molar-refractivity contribution in [3.63, 3.8) is 0 Å². The SMILES string of the molecule is CCCCCCCCCCCCc1cc(Br)sc1-c1sc(-c2sc(-c3sc(Br)cc3CCCCCCCCCCCC)c3c2C(=O)N(CC(CCCCCCCCCC)CCCCCCCCCCCC)C3=O)c2c1C(=O)N(CC(CCCCCCCCCC)CCCCCCCCCCCC)C2=O. The van der Waals surface area contributed by atoms with Gasteiger partial charge in [0, 0.05) is 22.8 Å². The maximum Gasteiger partial charge on any atom is 0.263 e. The average Bonchev–Trinajstić information content (AvgIpc) is 1.54. The highest BCUT2D eigenvalue weighted by Gasteiger charge is 2.48. The summed E-state index contributed by atoms with van der Waals surface area (Å²) in [5.41, 5.74) is 4.44. The van der Waals surface area contributed by atoms with Crippen LogP contribution in [0.5, 0.6) is 0 Å². The predicted molar refractivity (Wildman–Crippen MR) is 466 cm³/mol. The monoisotopic (exact) mass is 1630 g/mol. The van der Waals surface area contributed by atoms with Crippen LogP contribution in [-0.4, -0.2) is 46.5 Å². The third-order valence-corrected chi connectivity index (χ3v) is 29.4. The number of nitrogens with zero attached hydrogens (tertiary/aromatic N) is 2. The number of hydrogen-bond acceptors (Lipinski definition) is 8. The van der Waals surface area contributed by atoms with Gasteiger partial charge in [0.25, 0.3) is 23.6 Å². The maximum atomic E-state index is 16.1. The van der Waals surface area contributed by atoms with Crippen LogP contribution < -0.4 is 0 Å². The molecule has 104 heavy (non-hydrogen) atoms.